The Balaban J connectivity index is 1.86. The van der Waals surface area contributed by atoms with Crippen LogP contribution < -0.4 is 10.1 Å². The standard InChI is InChI=1S/C15H21NO2/c1-2-10-18-15-7-4-13(5-8-15)3-6-14-12-17-11-9-16-14/h3-8,14,16H,2,9-12H2,1H3/b6-3+. The molecule has 1 unspecified atom stereocenters. The van der Waals surface area contributed by atoms with E-state index in [0.717, 1.165) is 38.5 Å². The molecule has 18 heavy (non-hydrogen) atoms. The van der Waals surface area contributed by atoms with E-state index in [1.54, 1.807) is 0 Å². The van der Waals surface area contributed by atoms with Gasteiger partial charge in [0, 0.05) is 12.6 Å². The van der Waals surface area contributed by atoms with Gasteiger partial charge in [-0.05, 0) is 24.1 Å². The van der Waals surface area contributed by atoms with Crippen LogP contribution in [0.3, 0.4) is 0 Å². The van der Waals surface area contributed by atoms with Crippen molar-refractivity contribution in [2.75, 3.05) is 26.4 Å². The third kappa shape index (κ3) is 4.17. The van der Waals surface area contributed by atoms with E-state index in [0.29, 0.717) is 6.04 Å². The van der Waals surface area contributed by atoms with Gasteiger partial charge in [0.05, 0.1) is 19.8 Å². The summed E-state index contributed by atoms with van der Waals surface area (Å²) in [5.74, 6) is 0.938. The van der Waals surface area contributed by atoms with E-state index in [2.05, 4.69) is 36.5 Å². The fourth-order valence-electron chi connectivity index (χ4n) is 1.83. The van der Waals surface area contributed by atoms with Crippen LogP contribution >= 0.6 is 0 Å². The van der Waals surface area contributed by atoms with Crippen molar-refractivity contribution >= 4 is 6.08 Å². The number of hydrogen-bond donors (Lipinski definition) is 1. The minimum absolute atomic E-state index is 0.328. The lowest BCUT2D eigenvalue weighted by atomic mass is 10.1. The number of hydrogen-bond acceptors (Lipinski definition) is 3. The summed E-state index contributed by atoms with van der Waals surface area (Å²) in [6.45, 7) is 5.38. The molecule has 0 saturated carbocycles. The monoisotopic (exact) mass is 247 g/mol. The second kappa shape index (κ2) is 7.19. The summed E-state index contributed by atoms with van der Waals surface area (Å²) in [6, 6.07) is 8.51. The highest BCUT2D eigenvalue weighted by Gasteiger charge is 2.08. The number of morpholine rings is 1. The SMILES string of the molecule is CCCOc1ccc(/C=C/C2COCCN2)cc1. The Morgan fingerprint density at radius 3 is 2.89 bits per heavy atom. The van der Waals surface area contributed by atoms with Gasteiger partial charge in [0.25, 0.3) is 0 Å². The van der Waals surface area contributed by atoms with E-state index in [1.165, 1.54) is 5.56 Å². The molecule has 1 saturated heterocycles. The lowest BCUT2D eigenvalue weighted by molar-refractivity contribution is 0.0903. The molecule has 1 aliphatic rings. The largest absolute Gasteiger partial charge is 0.494 e. The Bertz CT molecular complexity index is 367. The van der Waals surface area contributed by atoms with Crippen LogP contribution in [0.25, 0.3) is 6.08 Å². The molecule has 0 aromatic heterocycles. The molecule has 3 heteroatoms. The van der Waals surface area contributed by atoms with Crippen LogP contribution in [0, 0.1) is 0 Å². The topological polar surface area (TPSA) is 30.5 Å². The van der Waals surface area contributed by atoms with Gasteiger partial charge in [-0.25, -0.2) is 0 Å². The van der Waals surface area contributed by atoms with Crippen molar-refractivity contribution in [2.45, 2.75) is 19.4 Å². The molecule has 1 fully saturated rings. The highest BCUT2D eigenvalue weighted by molar-refractivity contribution is 5.51. The molecule has 0 spiro atoms. The van der Waals surface area contributed by atoms with Crippen molar-refractivity contribution in [3.63, 3.8) is 0 Å². The number of benzene rings is 1. The predicted molar refractivity (Wildman–Crippen MR) is 73.9 cm³/mol. The van der Waals surface area contributed by atoms with Crippen molar-refractivity contribution < 1.29 is 9.47 Å². The molecule has 1 aromatic rings. The molecular formula is C15H21NO2. The highest BCUT2D eigenvalue weighted by Crippen LogP contribution is 2.13. The Morgan fingerprint density at radius 2 is 2.22 bits per heavy atom. The van der Waals surface area contributed by atoms with Crippen LogP contribution in [0.5, 0.6) is 5.75 Å². The molecule has 0 aliphatic carbocycles. The van der Waals surface area contributed by atoms with Crippen LogP contribution in [0.2, 0.25) is 0 Å². The molecule has 1 heterocycles. The molecule has 0 radical (unpaired) electrons. The second-order valence-electron chi connectivity index (χ2n) is 4.41. The van der Waals surface area contributed by atoms with Crippen LogP contribution in [0.15, 0.2) is 30.3 Å². The maximum Gasteiger partial charge on any atom is 0.119 e. The normalized spacial score (nSPS) is 20.2. The van der Waals surface area contributed by atoms with Crippen molar-refractivity contribution in [1.82, 2.24) is 5.32 Å². The van der Waals surface area contributed by atoms with Gasteiger partial charge in [-0.1, -0.05) is 31.2 Å². The quantitative estimate of drug-likeness (QED) is 0.867. The molecule has 2 rings (SSSR count). The molecule has 0 bridgehead atoms. The summed E-state index contributed by atoms with van der Waals surface area (Å²) < 4.78 is 10.9. The van der Waals surface area contributed by atoms with Crippen LogP contribution in [0.1, 0.15) is 18.9 Å². The van der Waals surface area contributed by atoms with E-state index in [-0.39, 0.29) is 0 Å². The summed E-state index contributed by atoms with van der Waals surface area (Å²) in [5, 5.41) is 3.39. The van der Waals surface area contributed by atoms with Gasteiger partial charge in [-0.3, -0.25) is 0 Å². The van der Waals surface area contributed by atoms with Crippen LogP contribution in [0.4, 0.5) is 0 Å². The lowest BCUT2D eigenvalue weighted by Crippen LogP contribution is -2.39. The van der Waals surface area contributed by atoms with Gasteiger partial charge < -0.3 is 14.8 Å². The van der Waals surface area contributed by atoms with Crippen molar-refractivity contribution in [2.24, 2.45) is 0 Å². The molecule has 1 atom stereocenters. The van der Waals surface area contributed by atoms with Crippen LogP contribution in [-0.2, 0) is 4.74 Å². The Morgan fingerprint density at radius 1 is 1.39 bits per heavy atom. The van der Waals surface area contributed by atoms with Gasteiger partial charge in [-0.15, -0.1) is 0 Å². The number of ether oxygens (including phenoxy) is 2. The maximum atomic E-state index is 5.55. The van der Waals surface area contributed by atoms with Gasteiger partial charge in [0.1, 0.15) is 5.75 Å². The summed E-state index contributed by atoms with van der Waals surface area (Å²) >= 11 is 0. The van der Waals surface area contributed by atoms with Gasteiger partial charge in [0.2, 0.25) is 0 Å². The summed E-state index contributed by atoms with van der Waals surface area (Å²) in [5.41, 5.74) is 1.19. The van der Waals surface area contributed by atoms with Gasteiger partial charge in [0.15, 0.2) is 0 Å². The molecule has 0 amide bonds. The molecule has 98 valence electrons. The van der Waals surface area contributed by atoms with Crippen molar-refractivity contribution in [3.8, 4) is 5.75 Å². The third-order valence-corrected chi connectivity index (χ3v) is 2.82. The van der Waals surface area contributed by atoms with Crippen molar-refractivity contribution in [3.05, 3.63) is 35.9 Å². The lowest BCUT2D eigenvalue weighted by Gasteiger charge is -2.20. The van der Waals surface area contributed by atoms with E-state index in [4.69, 9.17) is 9.47 Å². The van der Waals surface area contributed by atoms with E-state index in [1.807, 2.05) is 12.1 Å². The third-order valence-electron chi connectivity index (χ3n) is 2.82. The predicted octanol–water partition coefficient (Wildman–Crippen LogP) is 2.48. The summed E-state index contributed by atoms with van der Waals surface area (Å²) in [7, 11) is 0. The van der Waals surface area contributed by atoms with E-state index < -0.39 is 0 Å². The van der Waals surface area contributed by atoms with E-state index >= 15 is 0 Å². The first kappa shape index (κ1) is 13.1. The average Bonchev–Trinajstić information content (AvgIpc) is 2.45. The summed E-state index contributed by atoms with van der Waals surface area (Å²) in [4.78, 5) is 0. The van der Waals surface area contributed by atoms with E-state index in [9.17, 15) is 0 Å². The molecule has 1 N–H and O–H groups in total. The second-order valence-corrected chi connectivity index (χ2v) is 4.41. The minimum atomic E-state index is 0.328. The minimum Gasteiger partial charge on any atom is -0.494 e. The first-order valence-corrected chi connectivity index (χ1v) is 6.60. The van der Waals surface area contributed by atoms with Gasteiger partial charge in [-0.2, -0.15) is 0 Å². The molecule has 1 aromatic carbocycles. The average molecular weight is 247 g/mol. The zero-order valence-electron chi connectivity index (χ0n) is 10.9. The zero-order valence-corrected chi connectivity index (χ0v) is 10.9. The highest BCUT2D eigenvalue weighted by atomic mass is 16.5. The first-order chi connectivity index (χ1) is 8.88. The maximum absolute atomic E-state index is 5.55. The molecule has 3 nitrogen and oxygen atoms in total. The fraction of sp³-hybridized carbons (Fsp3) is 0.467. The number of rotatable bonds is 5. The summed E-state index contributed by atoms with van der Waals surface area (Å²) in [6.07, 6.45) is 5.31. The van der Waals surface area contributed by atoms with Crippen molar-refractivity contribution in [1.29, 1.82) is 0 Å². The smallest absolute Gasteiger partial charge is 0.119 e. The fourth-order valence-corrected chi connectivity index (χ4v) is 1.83. The van der Waals surface area contributed by atoms with Gasteiger partial charge >= 0.3 is 0 Å². The zero-order chi connectivity index (χ0) is 12.6. The molecular weight excluding hydrogens is 226 g/mol. The Hall–Kier alpha value is -1.32. The first-order valence-electron chi connectivity index (χ1n) is 6.60. The Kier molecular flexibility index (Phi) is 5.24. The van der Waals surface area contributed by atoms with Crippen LogP contribution in [-0.4, -0.2) is 32.4 Å². The Labute approximate surface area is 109 Å². The number of nitrogens with one attached hydrogen (secondary N) is 1. The molecule has 1 aliphatic heterocycles.